The maximum absolute atomic E-state index is 11.9. The quantitative estimate of drug-likeness (QED) is 0.884. The summed E-state index contributed by atoms with van der Waals surface area (Å²) in [6.07, 6.45) is 2.42. The zero-order valence-electron chi connectivity index (χ0n) is 10.4. The summed E-state index contributed by atoms with van der Waals surface area (Å²) in [4.78, 5) is 11.9. The molecule has 3 nitrogen and oxygen atoms in total. The lowest BCUT2D eigenvalue weighted by Gasteiger charge is -2.11. The number of nitrogens with one attached hydrogen (secondary N) is 1. The summed E-state index contributed by atoms with van der Waals surface area (Å²) in [5.41, 5.74) is 1.55. The predicted molar refractivity (Wildman–Crippen MR) is 71.9 cm³/mol. The molecule has 2 unspecified atom stereocenters. The minimum absolute atomic E-state index is 0.0988. The van der Waals surface area contributed by atoms with Crippen LogP contribution in [0.3, 0.4) is 0 Å². The third-order valence-corrected chi connectivity index (χ3v) is 3.91. The van der Waals surface area contributed by atoms with E-state index < -0.39 is 0 Å². The van der Waals surface area contributed by atoms with Crippen LogP contribution >= 0.6 is 11.6 Å². The molecule has 0 aromatic heterocycles. The Morgan fingerprint density at radius 1 is 1.50 bits per heavy atom. The first-order chi connectivity index (χ1) is 8.56. The summed E-state index contributed by atoms with van der Waals surface area (Å²) in [6.45, 7) is 2.53. The van der Waals surface area contributed by atoms with Gasteiger partial charge in [0.15, 0.2) is 0 Å². The highest BCUT2D eigenvalue weighted by atomic mass is 35.5. The molecule has 2 N–H and O–H groups in total. The van der Waals surface area contributed by atoms with Crippen LogP contribution in [0.1, 0.15) is 35.2 Å². The summed E-state index contributed by atoms with van der Waals surface area (Å²) in [5.74, 6) is 0.295. The molecule has 1 saturated carbocycles. The Bertz CT molecular complexity index is 447. The van der Waals surface area contributed by atoms with E-state index in [1.54, 1.807) is 12.1 Å². The number of aryl methyl sites for hydroxylation is 1. The van der Waals surface area contributed by atoms with E-state index in [0.29, 0.717) is 23.0 Å². The van der Waals surface area contributed by atoms with Gasteiger partial charge < -0.3 is 10.4 Å². The molecule has 0 aliphatic heterocycles. The van der Waals surface area contributed by atoms with Crippen molar-refractivity contribution in [3.8, 4) is 0 Å². The number of rotatable bonds is 3. The number of aliphatic hydroxyl groups is 1. The van der Waals surface area contributed by atoms with E-state index >= 15 is 0 Å². The van der Waals surface area contributed by atoms with Gasteiger partial charge in [0, 0.05) is 17.1 Å². The van der Waals surface area contributed by atoms with Crippen LogP contribution in [0.4, 0.5) is 0 Å². The molecule has 2 rings (SSSR count). The average molecular weight is 268 g/mol. The molecule has 0 bridgehead atoms. The first-order valence-electron chi connectivity index (χ1n) is 6.28. The van der Waals surface area contributed by atoms with Crippen LogP contribution in [0.15, 0.2) is 18.2 Å². The molecule has 0 spiro atoms. The first kappa shape index (κ1) is 13.4. The Labute approximate surface area is 112 Å². The second kappa shape index (κ2) is 5.72. The monoisotopic (exact) mass is 267 g/mol. The summed E-state index contributed by atoms with van der Waals surface area (Å²) in [6, 6.07) is 5.31. The Morgan fingerprint density at radius 2 is 2.28 bits per heavy atom. The van der Waals surface area contributed by atoms with E-state index in [4.69, 9.17) is 11.6 Å². The summed E-state index contributed by atoms with van der Waals surface area (Å²) in [5, 5.41) is 12.9. The summed E-state index contributed by atoms with van der Waals surface area (Å²) < 4.78 is 0. The molecule has 0 radical (unpaired) electrons. The minimum Gasteiger partial charge on any atom is -0.393 e. The van der Waals surface area contributed by atoms with Gasteiger partial charge in [0.25, 0.3) is 5.91 Å². The standard InChI is InChI=1S/C14H18ClNO2/c1-9-2-4-11(7-13(9)15)14(18)16-8-10-3-5-12(17)6-10/h2,4,7,10,12,17H,3,5-6,8H2,1H3,(H,16,18). The maximum atomic E-state index is 11.9. The van der Waals surface area contributed by atoms with Crippen molar-refractivity contribution in [1.29, 1.82) is 0 Å². The fraction of sp³-hybridized carbons (Fsp3) is 0.500. The zero-order valence-corrected chi connectivity index (χ0v) is 11.2. The fourth-order valence-electron chi connectivity index (χ4n) is 2.31. The van der Waals surface area contributed by atoms with Crippen LogP contribution in [0.2, 0.25) is 5.02 Å². The van der Waals surface area contributed by atoms with E-state index in [-0.39, 0.29) is 12.0 Å². The highest BCUT2D eigenvalue weighted by Gasteiger charge is 2.23. The second-order valence-electron chi connectivity index (χ2n) is 5.01. The van der Waals surface area contributed by atoms with Gasteiger partial charge in [0.1, 0.15) is 0 Å². The lowest BCUT2D eigenvalue weighted by Crippen LogP contribution is -2.28. The Kier molecular flexibility index (Phi) is 4.25. The number of carbonyl (C=O) groups is 1. The summed E-state index contributed by atoms with van der Waals surface area (Å²) >= 11 is 5.99. The molecule has 18 heavy (non-hydrogen) atoms. The minimum atomic E-state index is -0.194. The zero-order chi connectivity index (χ0) is 13.1. The molecule has 0 heterocycles. The largest absolute Gasteiger partial charge is 0.393 e. The van der Waals surface area contributed by atoms with Crippen molar-refractivity contribution < 1.29 is 9.90 Å². The van der Waals surface area contributed by atoms with Gasteiger partial charge >= 0.3 is 0 Å². The van der Waals surface area contributed by atoms with Gasteiger partial charge in [-0.15, -0.1) is 0 Å². The Hall–Kier alpha value is -1.06. The number of hydrogen-bond acceptors (Lipinski definition) is 2. The molecule has 1 aromatic carbocycles. The highest BCUT2D eigenvalue weighted by molar-refractivity contribution is 6.31. The lowest BCUT2D eigenvalue weighted by molar-refractivity contribution is 0.0945. The summed E-state index contributed by atoms with van der Waals surface area (Å²) in [7, 11) is 0. The smallest absolute Gasteiger partial charge is 0.251 e. The van der Waals surface area contributed by atoms with Gasteiger partial charge in [-0.2, -0.15) is 0 Å². The molecule has 1 aliphatic rings. The van der Waals surface area contributed by atoms with E-state index in [0.717, 1.165) is 24.8 Å². The molecule has 4 heteroatoms. The van der Waals surface area contributed by atoms with Gasteiger partial charge in [-0.3, -0.25) is 4.79 Å². The van der Waals surface area contributed by atoms with Crippen molar-refractivity contribution in [1.82, 2.24) is 5.32 Å². The van der Waals surface area contributed by atoms with Crippen molar-refractivity contribution in [2.24, 2.45) is 5.92 Å². The van der Waals surface area contributed by atoms with Crippen LogP contribution in [-0.4, -0.2) is 23.7 Å². The van der Waals surface area contributed by atoms with Crippen molar-refractivity contribution >= 4 is 17.5 Å². The molecule has 1 aliphatic carbocycles. The molecule has 98 valence electrons. The lowest BCUT2D eigenvalue weighted by atomic mass is 10.1. The molecule has 0 saturated heterocycles. The number of benzene rings is 1. The van der Waals surface area contributed by atoms with Gasteiger partial charge in [-0.25, -0.2) is 0 Å². The number of amides is 1. The Morgan fingerprint density at radius 3 is 2.89 bits per heavy atom. The van der Waals surface area contributed by atoms with E-state index in [1.165, 1.54) is 0 Å². The van der Waals surface area contributed by atoms with Crippen LogP contribution in [0, 0.1) is 12.8 Å². The first-order valence-corrected chi connectivity index (χ1v) is 6.66. The van der Waals surface area contributed by atoms with Crippen molar-refractivity contribution in [3.05, 3.63) is 34.3 Å². The maximum Gasteiger partial charge on any atom is 0.251 e. The number of aliphatic hydroxyl groups excluding tert-OH is 1. The van der Waals surface area contributed by atoms with E-state index in [1.807, 2.05) is 13.0 Å². The van der Waals surface area contributed by atoms with E-state index in [2.05, 4.69) is 5.32 Å². The molecule has 1 amide bonds. The molecule has 1 aromatic rings. The molecule has 2 atom stereocenters. The SMILES string of the molecule is Cc1ccc(C(=O)NCC2CCC(O)C2)cc1Cl. The van der Waals surface area contributed by atoms with Crippen molar-refractivity contribution in [3.63, 3.8) is 0 Å². The number of carbonyl (C=O) groups excluding carboxylic acids is 1. The third-order valence-electron chi connectivity index (χ3n) is 3.50. The van der Waals surface area contributed by atoms with E-state index in [9.17, 15) is 9.90 Å². The van der Waals surface area contributed by atoms with Crippen molar-refractivity contribution in [2.45, 2.75) is 32.3 Å². The third kappa shape index (κ3) is 3.24. The highest BCUT2D eigenvalue weighted by Crippen LogP contribution is 2.24. The Balaban J connectivity index is 1.89. The number of halogens is 1. The molecular weight excluding hydrogens is 250 g/mol. The van der Waals surface area contributed by atoms with Crippen LogP contribution in [0.25, 0.3) is 0 Å². The second-order valence-corrected chi connectivity index (χ2v) is 5.41. The van der Waals surface area contributed by atoms with Crippen LogP contribution < -0.4 is 5.32 Å². The van der Waals surface area contributed by atoms with Crippen molar-refractivity contribution in [2.75, 3.05) is 6.54 Å². The molecule has 1 fully saturated rings. The normalized spacial score (nSPS) is 23.1. The van der Waals surface area contributed by atoms with Gasteiger partial charge in [0.05, 0.1) is 6.10 Å². The fourth-order valence-corrected chi connectivity index (χ4v) is 2.49. The van der Waals surface area contributed by atoms with Gasteiger partial charge in [-0.1, -0.05) is 17.7 Å². The molecular formula is C14H18ClNO2. The average Bonchev–Trinajstić information content (AvgIpc) is 2.75. The van der Waals surface area contributed by atoms with Gasteiger partial charge in [-0.05, 0) is 49.8 Å². The predicted octanol–water partition coefficient (Wildman–Crippen LogP) is 2.54. The van der Waals surface area contributed by atoms with Crippen LogP contribution in [0.5, 0.6) is 0 Å². The van der Waals surface area contributed by atoms with Crippen LogP contribution in [-0.2, 0) is 0 Å². The number of hydrogen-bond donors (Lipinski definition) is 2. The topological polar surface area (TPSA) is 49.3 Å². The van der Waals surface area contributed by atoms with Gasteiger partial charge in [0.2, 0.25) is 0 Å².